The fourth-order valence-corrected chi connectivity index (χ4v) is 3.02. The molecule has 1 saturated carbocycles. The molecule has 1 unspecified atom stereocenters. The first-order valence-electron chi connectivity index (χ1n) is 8.02. The summed E-state index contributed by atoms with van der Waals surface area (Å²) in [5.74, 6) is 0.849. The second kappa shape index (κ2) is 6.58. The molecular weight excluding hydrogens is 262 g/mol. The Labute approximate surface area is 126 Å². The minimum absolute atomic E-state index is 0.0832. The van der Waals surface area contributed by atoms with E-state index in [1.54, 1.807) is 0 Å². The number of hydrogen-bond donors (Lipinski definition) is 1. The van der Waals surface area contributed by atoms with Crippen molar-refractivity contribution in [2.75, 3.05) is 26.2 Å². The van der Waals surface area contributed by atoms with Crippen molar-refractivity contribution in [3.8, 4) is 0 Å². The van der Waals surface area contributed by atoms with Gasteiger partial charge in [-0.15, -0.1) is 0 Å². The van der Waals surface area contributed by atoms with Gasteiger partial charge in [0.05, 0.1) is 0 Å². The largest absolute Gasteiger partial charge is 0.340 e. The predicted octanol–water partition coefficient (Wildman–Crippen LogP) is 1.46. The summed E-state index contributed by atoms with van der Waals surface area (Å²) in [4.78, 5) is 16.6. The molecule has 114 valence electrons. The SMILES string of the molecule is NC(CC(=O)N1CCN(Cc2ccccc2)CC1)C1CC1. The molecule has 0 bridgehead atoms. The molecular formula is C17H25N3O. The number of rotatable bonds is 5. The van der Waals surface area contributed by atoms with Gasteiger partial charge in [0.25, 0.3) is 0 Å². The maximum atomic E-state index is 12.2. The molecule has 0 spiro atoms. The van der Waals surface area contributed by atoms with E-state index in [9.17, 15) is 4.79 Å². The number of piperazine rings is 1. The van der Waals surface area contributed by atoms with Crippen LogP contribution in [0.5, 0.6) is 0 Å². The van der Waals surface area contributed by atoms with Crippen molar-refractivity contribution in [2.24, 2.45) is 11.7 Å². The van der Waals surface area contributed by atoms with Gasteiger partial charge in [-0.1, -0.05) is 30.3 Å². The summed E-state index contributed by atoms with van der Waals surface area (Å²) in [7, 11) is 0. The molecule has 1 saturated heterocycles. The molecule has 0 aromatic heterocycles. The van der Waals surface area contributed by atoms with E-state index < -0.39 is 0 Å². The zero-order valence-corrected chi connectivity index (χ0v) is 12.6. The highest BCUT2D eigenvalue weighted by atomic mass is 16.2. The number of hydrogen-bond acceptors (Lipinski definition) is 3. The van der Waals surface area contributed by atoms with Gasteiger partial charge in [-0.3, -0.25) is 9.69 Å². The summed E-state index contributed by atoms with van der Waals surface area (Å²) >= 11 is 0. The summed E-state index contributed by atoms with van der Waals surface area (Å²) < 4.78 is 0. The van der Waals surface area contributed by atoms with Gasteiger partial charge >= 0.3 is 0 Å². The minimum atomic E-state index is 0.0832. The van der Waals surface area contributed by atoms with Crippen molar-refractivity contribution in [3.63, 3.8) is 0 Å². The van der Waals surface area contributed by atoms with Crippen molar-refractivity contribution in [1.82, 2.24) is 9.80 Å². The van der Waals surface area contributed by atoms with Crippen molar-refractivity contribution in [2.45, 2.75) is 31.8 Å². The highest BCUT2D eigenvalue weighted by Crippen LogP contribution is 2.33. The fraction of sp³-hybridized carbons (Fsp3) is 0.588. The summed E-state index contributed by atoms with van der Waals surface area (Å²) in [6.45, 7) is 4.56. The molecule has 4 nitrogen and oxygen atoms in total. The van der Waals surface area contributed by atoms with E-state index in [1.165, 1.54) is 18.4 Å². The lowest BCUT2D eigenvalue weighted by Crippen LogP contribution is -2.49. The topological polar surface area (TPSA) is 49.6 Å². The van der Waals surface area contributed by atoms with Crippen LogP contribution in [0.15, 0.2) is 30.3 Å². The van der Waals surface area contributed by atoms with Crippen molar-refractivity contribution < 1.29 is 4.79 Å². The molecule has 1 aliphatic heterocycles. The fourth-order valence-electron chi connectivity index (χ4n) is 3.02. The third-order valence-corrected chi connectivity index (χ3v) is 4.61. The van der Waals surface area contributed by atoms with Crippen LogP contribution >= 0.6 is 0 Å². The number of carbonyl (C=O) groups is 1. The number of benzene rings is 1. The minimum Gasteiger partial charge on any atom is -0.340 e. The number of nitrogens with two attached hydrogens (primary N) is 1. The Hall–Kier alpha value is -1.39. The van der Waals surface area contributed by atoms with E-state index in [0.717, 1.165) is 32.7 Å². The normalized spacial score (nSPS) is 21.3. The number of carbonyl (C=O) groups excluding carboxylic acids is 1. The smallest absolute Gasteiger partial charge is 0.224 e. The molecule has 1 aliphatic carbocycles. The Bertz CT molecular complexity index is 464. The van der Waals surface area contributed by atoms with E-state index in [-0.39, 0.29) is 11.9 Å². The average Bonchev–Trinajstić information content (AvgIpc) is 3.33. The van der Waals surface area contributed by atoms with E-state index in [4.69, 9.17) is 5.73 Å². The molecule has 1 aromatic rings. The summed E-state index contributed by atoms with van der Waals surface area (Å²) in [6, 6.07) is 10.6. The van der Waals surface area contributed by atoms with Crippen LogP contribution < -0.4 is 5.73 Å². The lowest BCUT2D eigenvalue weighted by Gasteiger charge is -2.35. The van der Waals surface area contributed by atoms with Gasteiger partial charge in [0.1, 0.15) is 0 Å². The van der Waals surface area contributed by atoms with Crippen LogP contribution in [0.3, 0.4) is 0 Å². The molecule has 1 heterocycles. The van der Waals surface area contributed by atoms with Gasteiger partial charge in [-0.25, -0.2) is 0 Å². The van der Waals surface area contributed by atoms with Gasteiger partial charge in [0.15, 0.2) is 0 Å². The van der Waals surface area contributed by atoms with Crippen LogP contribution in [0.1, 0.15) is 24.8 Å². The second-order valence-electron chi connectivity index (χ2n) is 6.35. The van der Waals surface area contributed by atoms with E-state index in [0.29, 0.717) is 12.3 Å². The zero-order chi connectivity index (χ0) is 14.7. The van der Waals surface area contributed by atoms with Crippen LogP contribution in [0, 0.1) is 5.92 Å². The summed E-state index contributed by atoms with van der Waals surface area (Å²) in [5, 5.41) is 0. The standard InChI is InChI=1S/C17H25N3O/c18-16(15-6-7-15)12-17(21)20-10-8-19(9-11-20)13-14-4-2-1-3-5-14/h1-5,15-16H,6-13,18H2. The Kier molecular flexibility index (Phi) is 4.56. The number of amides is 1. The van der Waals surface area contributed by atoms with E-state index >= 15 is 0 Å². The van der Waals surface area contributed by atoms with Gasteiger partial charge in [-0.05, 0) is 24.3 Å². The average molecular weight is 287 g/mol. The van der Waals surface area contributed by atoms with Crippen LogP contribution in [-0.2, 0) is 11.3 Å². The van der Waals surface area contributed by atoms with Crippen molar-refractivity contribution in [1.29, 1.82) is 0 Å². The lowest BCUT2D eigenvalue weighted by atomic mass is 10.1. The third kappa shape index (κ3) is 4.05. The Morgan fingerprint density at radius 2 is 1.81 bits per heavy atom. The second-order valence-corrected chi connectivity index (χ2v) is 6.35. The van der Waals surface area contributed by atoms with Crippen molar-refractivity contribution >= 4 is 5.91 Å². The Morgan fingerprint density at radius 1 is 1.14 bits per heavy atom. The third-order valence-electron chi connectivity index (χ3n) is 4.61. The highest BCUT2D eigenvalue weighted by molar-refractivity contribution is 5.77. The first-order chi connectivity index (χ1) is 10.2. The Balaban J connectivity index is 1.43. The van der Waals surface area contributed by atoms with E-state index in [1.807, 2.05) is 11.0 Å². The van der Waals surface area contributed by atoms with Crippen LogP contribution in [0.4, 0.5) is 0 Å². The number of nitrogens with zero attached hydrogens (tertiary/aromatic N) is 2. The summed E-state index contributed by atoms with van der Waals surface area (Å²) in [6.07, 6.45) is 2.95. The van der Waals surface area contributed by atoms with Gasteiger partial charge in [-0.2, -0.15) is 0 Å². The Morgan fingerprint density at radius 3 is 2.43 bits per heavy atom. The molecule has 4 heteroatoms. The molecule has 1 aromatic carbocycles. The zero-order valence-electron chi connectivity index (χ0n) is 12.6. The van der Waals surface area contributed by atoms with Crippen LogP contribution in [0.2, 0.25) is 0 Å². The summed E-state index contributed by atoms with van der Waals surface area (Å²) in [5.41, 5.74) is 7.40. The van der Waals surface area contributed by atoms with Crippen LogP contribution in [0.25, 0.3) is 0 Å². The predicted molar refractivity (Wildman–Crippen MR) is 83.6 cm³/mol. The van der Waals surface area contributed by atoms with Gasteiger partial charge in [0, 0.05) is 45.2 Å². The molecule has 2 N–H and O–H groups in total. The molecule has 21 heavy (non-hydrogen) atoms. The first-order valence-corrected chi connectivity index (χ1v) is 8.02. The van der Waals surface area contributed by atoms with Crippen LogP contribution in [-0.4, -0.2) is 47.9 Å². The van der Waals surface area contributed by atoms with Crippen molar-refractivity contribution in [3.05, 3.63) is 35.9 Å². The maximum Gasteiger partial charge on any atom is 0.224 e. The van der Waals surface area contributed by atoms with Gasteiger partial charge < -0.3 is 10.6 Å². The maximum absolute atomic E-state index is 12.2. The molecule has 2 aliphatic rings. The molecule has 1 atom stereocenters. The lowest BCUT2D eigenvalue weighted by molar-refractivity contribution is -0.133. The monoisotopic (exact) mass is 287 g/mol. The molecule has 2 fully saturated rings. The highest BCUT2D eigenvalue weighted by Gasteiger charge is 2.31. The quantitative estimate of drug-likeness (QED) is 0.892. The van der Waals surface area contributed by atoms with Gasteiger partial charge in [0.2, 0.25) is 5.91 Å². The first kappa shape index (κ1) is 14.5. The van der Waals surface area contributed by atoms with E-state index in [2.05, 4.69) is 29.2 Å². The molecule has 3 rings (SSSR count). The molecule has 1 amide bonds. The molecule has 0 radical (unpaired) electrons.